The van der Waals surface area contributed by atoms with Crippen molar-refractivity contribution in [1.82, 2.24) is 15.3 Å². The zero-order valence-corrected chi connectivity index (χ0v) is 12.4. The Labute approximate surface area is 120 Å². The van der Waals surface area contributed by atoms with Crippen molar-refractivity contribution in [3.63, 3.8) is 0 Å². The van der Waals surface area contributed by atoms with Crippen LogP contribution in [0.4, 0.5) is 0 Å². The van der Waals surface area contributed by atoms with E-state index in [4.69, 9.17) is 4.74 Å². The second-order valence-electron chi connectivity index (χ2n) is 4.88. The van der Waals surface area contributed by atoms with Crippen molar-refractivity contribution >= 4 is 0 Å². The van der Waals surface area contributed by atoms with E-state index in [0.717, 1.165) is 22.7 Å². The first-order valence-electron chi connectivity index (χ1n) is 6.80. The van der Waals surface area contributed by atoms with Gasteiger partial charge in [0.25, 0.3) is 0 Å². The predicted molar refractivity (Wildman–Crippen MR) is 79.7 cm³/mol. The fourth-order valence-corrected chi connectivity index (χ4v) is 2.41. The Morgan fingerprint density at radius 2 is 1.75 bits per heavy atom. The minimum Gasteiger partial charge on any atom is -0.496 e. The van der Waals surface area contributed by atoms with Crippen molar-refractivity contribution in [2.24, 2.45) is 0 Å². The van der Waals surface area contributed by atoms with Crippen molar-refractivity contribution in [2.45, 2.75) is 32.9 Å². The highest BCUT2D eigenvalue weighted by molar-refractivity contribution is 5.35. The van der Waals surface area contributed by atoms with Crippen LogP contribution in [0.5, 0.6) is 5.75 Å². The van der Waals surface area contributed by atoms with Crippen LogP contribution in [0.2, 0.25) is 0 Å². The number of hydrogen-bond donors (Lipinski definition) is 1. The summed E-state index contributed by atoms with van der Waals surface area (Å²) < 4.78 is 5.41. The summed E-state index contributed by atoms with van der Waals surface area (Å²) in [6.07, 6.45) is 3.45. The molecule has 0 aliphatic heterocycles. The average molecular weight is 271 g/mol. The maximum atomic E-state index is 5.41. The summed E-state index contributed by atoms with van der Waals surface area (Å²) in [5.41, 5.74) is 3.08. The lowest BCUT2D eigenvalue weighted by atomic mass is 10.1. The van der Waals surface area contributed by atoms with E-state index in [2.05, 4.69) is 35.2 Å². The molecule has 0 aliphatic carbocycles. The average Bonchev–Trinajstić information content (AvgIpc) is 2.47. The van der Waals surface area contributed by atoms with E-state index < -0.39 is 0 Å². The van der Waals surface area contributed by atoms with Crippen LogP contribution in [-0.4, -0.2) is 17.1 Å². The first-order chi connectivity index (χ1) is 9.63. The number of rotatable bonds is 5. The molecule has 0 amide bonds. The van der Waals surface area contributed by atoms with E-state index >= 15 is 0 Å². The van der Waals surface area contributed by atoms with Crippen molar-refractivity contribution in [3.8, 4) is 5.75 Å². The lowest BCUT2D eigenvalue weighted by molar-refractivity contribution is 0.395. The van der Waals surface area contributed by atoms with E-state index in [9.17, 15) is 0 Å². The molecule has 2 unspecified atom stereocenters. The molecule has 0 bridgehead atoms. The summed E-state index contributed by atoms with van der Waals surface area (Å²) in [6, 6.07) is 8.35. The quantitative estimate of drug-likeness (QED) is 0.907. The maximum absolute atomic E-state index is 5.41. The predicted octanol–water partition coefficient (Wildman–Crippen LogP) is 3.21. The van der Waals surface area contributed by atoms with Gasteiger partial charge in [-0.25, -0.2) is 0 Å². The van der Waals surface area contributed by atoms with Gasteiger partial charge in [-0.1, -0.05) is 18.2 Å². The van der Waals surface area contributed by atoms with Gasteiger partial charge < -0.3 is 10.1 Å². The van der Waals surface area contributed by atoms with E-state index in [1.165, 1.54) is 0 Å². The molecule has 1 heterocycles. The number of para-hydroxylation sites is 1. The molecule has 0 saturated heterocycles. The smallest absolute Gasteiger partial charge is 0.123 e. The van der Waals surface area contributed by atoms with Crippen molar-refractivity contribution in [2.75, 3.05) is 7.11 Å². The van der Waals surface area contributed by atoms with E-state index in [1.54, 1.807) is 19.5 Å². The van der Waals surface area contributed by atoms with E-state index in [-0.39, 0.29) is 12.1 Å². The van der Waals surface area contributed by atoms with Crippen LogP contribution in [0.1, 0.15) is 42.9 Å². The number of aromatic nitrogens is 2. The molecule has 106 valence electrons. The third-order valence-electron chi connectivity index (χ3n) is 3.43. The molecule has 4 heteroatoms. The third kappa shape index (κ3) is 3.14. The molecular formula is C16H21N3O. The van der Waals surface area contributed by atoms with Gasteiger partial charge >= 0.3 is 0 Å². The zero-order valence-electron chi connectivity index (χ0n) is 12.4. The van der Waals surface area contributed by atoms with Crippen LogP contribution < -0.4 is 10.1 Å². The fraction of sp³-hybridized carbons (Fsp3) is 0.375. The summed E-state index contributed by atoms with van der Waals surface area (Å²) in [6.45, 7) is 6.21. The Kier molecular flexibility index (Phi) is 4.69. The molecule has 2 rings (SSSR count). The van der Waals surface area contributed by atoms with Gasteiger partial charge in [0, 0.05) is 30.0 Å². The molecule has 0 spiro atoms. The topological polar surface area (TPSA) is 47.0 Å². The lowest BCUT2D eigenvalue weighted by Gasteiger charge is -2.22. The van der Waals surface area contributed by atoms with Gasteiger partial charge in [-0.05, 0) is 26.8 Å². The molecule has 4 nitrogen and oxygen atoms in total. The Morgan fingerprint density at radius 3 is 2.45 bits per heavy atom. The summed E-state index contributed by atoms with van der Waals surface area (Å²) in [4.78, 5) is 8.70. The molecule has 2 atom stereocenters. The molecule has 0 fully saturated rings. The first-order valence-corrected chi connectivity index (χ1v) is 6.80. The largest absolute Gasteiger partial charge is 0.496 e. The summed E-state index contributed by atoms with van der Waals surface area (Å²) in [5.74, 6) is 0.899. The fourth-order valence-electron chi connectivity index (χ4n) is 2.41. The standard InChI is InChI=1S/C16H21N3O/c1-11(14-7-5-6-8-15(14)20-4)19-13(3)16-12(2)17-9-10-18-16/h5-11,13,19H,1-4H3. The first kappa shape index (κ1) is 14.5. The van der Waals surface area contributed by atoms with Gasteiger partial charge in [0.1, 0.15) is 5.75 Å². The molecule has 0 aliphatic rings. The van der Waals surface area contributed by atoms with Gasteiger partial charge in [-0.15, -0.1) is 0 Å². The lowest BCUT2D eigenvalue weighted by Crippen LogP contribution is -2.24. The number of nitrogens with one attached hydrogen (secondary N) is 1. The van der Waals surface area contributed by atoms with Crippen LogP contribution in [0, 0.1) is 6.92 Å². The van der Waals surface area contributed by atoms with Crippen LogP contribution in [0.3, 0.4) is 0 Å². The summed E-state index contributed by atoms with van der Waals surface area (Å²) in [7, 11) is 1.70. The number of ether oxygens (including phenoxy) is 1. The summed E-state index contributed by atoms with van der Waals surface area (Å²) >= 11 is 0. The van der Waals surface area contributed by atoms with E-state index in [0.29, 0.717) is 0 Å². The van der Waals surface area contributed by atoms with Crippen LogP contribution in [0.15, 0.2) is 36.7 Å². The Hall–Kier alpha value is -1.94. The third-order valence-corrected chi connectivity index (χ3v) is 3.43. The molecule has 1 aromatic carbocycles. The molecular weight excluding hydrogens is 250 g/mol. The minimum atomic E-state index is 0.128. The highest BCUT2D eigenvalue weighted by Crippen LogP contribution is 2.26. The molecule has 1 N–H and O–H groups in total. The van der Waals surface area contributed by atoms with Crippen LogP contribution in [0.25, 0.3) is 0 Å². The van der Waals surface area contributed by atoms with Gasteiger partial charge in [-0.2, -0.15) is 0 Å². The number of benzene rings is 1. The highest BCUT2D eigenvalue weighted by Gasteiger charge is 2.16. The molecule has 0 radical (unpaired) electrons. The van der Waals surface area contributed by atoms with Gasteiger partial charge in [0.2, 0.25) is 0 Å². The Bertz CT molecular complexity index is 571. The van der Waals surface area contributed by atoms with Crippen molar-refractivity contribution in [1.29, 1.82) is 0 Å². The SMILES string of the molecule is COc1ccccc1C(C)NC(C)c1nccnc1C. The second-order valence-corrected chi connectivity index (χ2v) is 4.88. The molecule has 20 heavy (non-hydrogen) atoms. The Morgan fingerprint density at radius 1 is 1.05 bits per heavy atom. The van der Waals surface area contributed by atoms with Gasteiger partial charge in [0.15, 0.2) is 0 Å². The van der Waals surface area contributed by atoms with E-state index in [1.807, 2.05) is 25.1 Å². The Balaban J connectivity index is 2.15. The summed E-state index contributed by atoms with van der Waals surface area (Å²) in [5, 5.41) is 3.55. The maximum Gasteiger partial charge on any atom is 0.123 e. The van der Waals surface area contributed by atoms with Crippen molar-refractivity contribution < 1.29 is 4.74 Å². The van der Waals surface area contributed by atoms with Crippen LogP contribution >= 0.6 is 0 Å². The minimum absolute atomic E-state index is 0.128. The number of aryl methyl sites for hydroxylation is 1. The van der Waals surface area contributed by atoms with Gasteiger partial charge in [-0.3, -0.25) is 9.97 Å². The monoisotopic (exact) mass is 271 g/mol. The number of hydrogen-bond acceptors (Lipinski definition) is 4. The highest BCUT2D eigenvalue weighted by atomic mass is 16.5. The normalized spacial score (nSPS) is 13.8. The second kappa shape index (κ2) is 6.48. The molecule has 1 aromatic heterocycles. The van der Waals surface area contributed by atoms with Crippen LogP contribution in [-0.2, 0) is 0 Å². The molecule has 0 saturated carbocycles. The van der Waals surface area contributed by atoms with Crippen molar-refractivity contribution in [3.05, 3.63) is 53.6 Å². The molecule has 2 aromatic rings. The number of methoxy groups -OCH3 is 1. The zero-order chi connectivity index (χ0) is 14.5. The number of nitrogens with zero attached hydrogens (tertiary/aromatic N) is 2. The van der Waals surface area contributed by atoms with Gasteiger partial charge in [0.05, 0.1) is 18.5 Å².